The second kappa shape index (κ2) is 4.61. The minimum Gasteiger partial charge on any atom is -0.357 e. The van der Waals surface area contributed by atoms with Crippen LogP contribution in [0.4, 0.5) is 5.82 Å². The third-order valence-corrected chi connectivity index (χ3v) is 3.69. The summed E-state index contributed by atoms with van der Waals surface area (Å²) in [5.74, 6) is 2.02. The van der Waals surface area contributed by atoms with Gasteiger partial charge in [-0.2, -0.15) is 0 Å². The lowest BCUT2D eigenvalue weighted by molar-refractivity contribution is 0.622. The van der Waals surface area contributed by atoms with Gasteiger partial charge >= 0.3 is 0 Å². The summed E-state index contributed by atoms with van der Waals surface area (Å²) < 4.78 is 0. The Hall–Kier alpha value is -1.16. The first kappa shape index (κ1) is 11.0. The molecule has 1 atom stereocenters. The van der Waals surface area contributed by atoms with Crippen molar-refractivity contribution in [1.29, 1.82) is 0 Å². The average Bonchev–Trinajstić information content (AvgIpc) is 3.02. The lowest BCUT2D eigenvalue weighted by Gasteiger charge is -2.19. The molecule has 1 aromatic rings. The molecule has 0 aliphatic carbocycles. The predicted molar refractivity (Wildman–Crippen MR) is 68.2 cm³/mol. The standard InChI is InChI=1S/C13H20N4/c1-10-15-12(11-5-4-6-14-11)9-13(16-10)17-7-2-3-8-17/h9,11,14H,2-8H2,1H3/t11-/m0/s1. The summed E-state index contributed by atoms with van der Waals surface area (Å²) in [6, 6.07) is 2.62. The van der Waals surface area contributed by atoms with Crippen molar-refractivity contribution in [3.05, 3.63) is 17.6 Å². The Balaban J connectivity index is 1.88. The first-order valence-corrected chi connectivity index (χ1v) is 6.67. The van der Waals surface area contributed by atoms with Crippen LogP contribution in [0.25, 0.3) is 0 Å². The molecule has 3 heterocycles. The zero-order valence-electron chi connectivity index (χ0n) is 10.4. The topological polar surface area (TPSA) is 41.1 Å². The summed E-state index contributed by atoms with van der Waals surface area (Å²) in [6.45, 7) is 5.41. The van der Waals surface area contributed by atoms with Crippen molar-refractivity contribution in [2.24, 2.45) is 0 Å². The van der Waals surface area contributed by atoms with E-state index in [9.17, 15) is 0 Å². The van der Waals surface area contributed by atoms with Crippen molar-refractivity contribution in [3.63, 3.8) is 0 Å². The van der Waals surface area contributed by atoms with Crippen molar-refractivity contribution in [2.45, 2.75) is 38.6 Å². The Kier molecular flexibility index (Phi) is 2.97. The van der Waals surface area contributed by atoms with Gasteiger partial charge in [0.05, 0.1) is 5.69 Å². The van der Waals surface area contributed by atoms with Gasteiger partial charge in [-0.3, -0.25) is 0 Å². The van der Waals surface area contributed by atoms with E-state index >= 15 is 0 Å². The molecule has 0 unspecified atom stereocenters. The van der Waals surface area contributed by atoms with Crippen LogP contribution in [-0.2, 0) is 0 Å². The molecule has 0 spiro atoms. The highest BCUT2D eigenvalue weighted by Gasteiger charge is 2.21. The van der Waals surface area contributed by atoms with E-state index in [0.717, 1.165) is 31.3 Å². The highest BCUT2D eigenvalue weighted by molar-refractivity contribution is 5.41. The number of aromatic nitrogens is 2. The fraction of sp³-hybridized carbons (Fsp3) is 0.692. The SMILES string of the molecule is Cc1nc([C@@H]2CCCN2)cc(N2CCCC2)n1. The highest BCUT2D eigenvalue weighted by atomic mass is 15.2. The lowest BCUT2D eigenvalue weighted by atomic mass is 10.1. The molecule has 2 saturated heterocycles. The number of rotatable bonds is 2. The minimum absolute atomic E-state index is 0.443. The zero-order chi connectivity index (χ0) is 11.7. The summed E-state index contributed by atoms with van der Waals surface area (Å²) in [5, 5.41) is 3.51. The summed E-state index contributed by atoms with van der Waals surface area (Å²) in [5.41, 5.74) is 1.18. The monoisotopic (exact) mass is 232 g/mol. The normalized spacial score (nSPS) is 24.5. The fourth-order valence-electron chi connectivity index (χ4n) is 2.80. The van der Waals surface area contributed by atoms with E-state index in [0.29, 0.717) is 6.04 Å². The van der Waals surface area contributed by atoms with Gasteiger partial charge in [0.15, 0.2) is 0 Å². The van der Waals surface area contributed by atoms with Gasteiger partial charge < -0.3 is 10.2 Å². The number of anilines is 1. The molecule has 1 N–H and O–H groups in total. The summed E-state index contributed by atoms with van der Waals surface area (Å²) in [7, 11) is 0. The Morgan fingerprint density at radius 2 is 2.06 bits per heavy atom. The van der Waals surface area contributed by atoms with Crippen LogP contribution in [0.15, 0.2) is 6.07 Å². The molecule has 0 amide bonds. The number of nitrogens with one attached hydrogen (secondary N) is 1. The highest BCUT2D eigenvalue weighted by Crippen LogP contribution is 2.25. The molecule has 92 valence electrons. The maximum absolute atomic E-state index is 4.59. The average molecular weight is 232 g/mol. The van der Waals surface area contributed by atoms with Crippen molar-refractivity contribution in [1.82, 2.24) is 15.3 Å². The molecule has 0 bridgehead atoms. The molecular weight excluding hydrogens is 212 g/mol. The van der Waals surface area contributed by atoms with Gasteiger partial charge in [0, 0.05) is 25.2 Å². The zero-order valence-corrected chi connectivity index (χ0v) is 10.4. The van der Waals surface area contributed by atoms with Gasteiger partial charge in [-0.25, -0.2) is 9.97 Å². The smallest absolute Gasteiger partial charge is 0.132 e. The van der Waals surface area contributed by atoms with Crippen LogP contribution >= 0.6 is 0 Å². The molecule has 2 aliphatic rings. The molecule has 0 saturated carbocycles. The van der Waals surface area contributed by atoms with Gasteiger partial charge in [0.2, 0.25) is 0 Å². The molecule has 2 fully saturated rings. The van der Waals surface area contributed by atoms with Gasteiger partial charge in [-0.05, 0) is 39.2 Å². The van der Waals surface area contributed by atoms with Crippen molar-refractivity contribution < 1.29 is 0 Å². The molecule has 2 aliphatic heterocycles. The first-order chi connectivity index (χ1) is 8.33. The van der Waals surface area contributed by atoms with Crippen LogP contribution in [0.3, 0.4) is 0 Å². The number of hydrogen-bond acceptors (Lipinski definition) is 4. The van der Waals surface area contributed by atoms with Crippen LogP contribution in [0, 0.1) is 6.92 Å². The van der Waals surface area contributed by atoms with Crippen LogP contribution in [0.5, 0.6) is 0 Å². The van der Waals surface area contributed by atoms with Gasteiger partial charge in [-0.15, -0.1) is 0 Å². The van der Waals surface area contributed by atoms with E-state index in [2.05, 4.69) is 26.3 Å². The Morgan fingerprint density at radius 3 is 2.76 bits per heavy atom. The van der Waals surface area contributed by atoms with E-state index in [1.54, 1.807) is 0 Å². The summed E-state index contributed by atoms with van der Waals surface area (Å²) >= 11 is 0. The van der Waals surface area contributed by atoms with Crippen LogP contribution < -0.4 is 10.2 Å². The summed E-state index contributed by atoms with van der Waals surface area (Å²) in [6.07, 6.45) is 5.04. The van der Waals surface area contributed by atoms with Crippen molar-refractivity contribution in [3.8, 4) is 0 Å². The molecular formula is C13H20N4. The first-order valence-electron chi connectivity index (χ1n) is 6.67. The van der Waals surface area contributed by atoms with Gasteiger partial charge in [-0.1, -0.05) is 0 Å². The summed E-state index contributed by atoms with van der Waals surface area (Å²) in [4.78, 5) is 11.5. The number of aryl methyl sites for hydroxylation is 1. The van der Waals surface area contributed by atoms with Crippen molar-refractivity contribution >= 4 is 5.82 Å². The van der Waals surface area contributed by atoms with E-state index in [1.807, 2.05) is 6.92 Å². The predicted octanol–water partition coefficient (Wildman–Crippen LogP) is 1.81. The Bertz CT molecular complexity index is 358. The molecule has 0 radical (unpaired) electrons. The van der Waals surface area contributed by atoms with E-state index < -0.39 is 0 Å². The van der Waals surface area contributed by atoms with E-state index in [1.165, 1.54) is 31.4 Å². The third kappa shape index (κ3) is 2.27. The van der Waals surface area contributed by atoms with Gasteiger partial charge in [0.1, 0.15) is 11.6 Å². The molecule has 1 aromatic heterocycles. The van der Waals surface area contributed by atoms with Crippen LogP contribution in [0.2, 0.25) is 0 Å². The quantitative estimate of drug-likeness (QED) is 0.844. The van der Waals surface area contributed by atoms with Crippen LogP contribution in [-0.4, -0.2) is 29.6 Å². The minimum atomic E-state index is 0.443. The second-order valence-electron chi connectivity index (χ2n) is 5.04. The second-order valence-corrected chi connectivity index (χ2v) is 5.04. The lowest BCUT2D eigenvalue weighted by Crippen LogP contribution is -2.21. The molecule has 0 aromatic carbocycles. The maximum atomic E-state index is 4.59. The third-order valence-electron chi connectivity index (χ3n) is 3.69. The fourth-order valence-corrected chi connectivity index (χ4v) is 2.80. The van der Waals surface area contributed by atoms with Gasteiger partial charge in [0.25, 0.3) is 0 Å². The number of nitrogens with zero attached hydrogens (tertiary/aromatic N) is 3. The van der Waals surface area contributed by atoms with Crippen LogP contribution in [0.1, 0.15) is 43.2 Å². The van der Waals surface area contributed by atoms with E-state index in [4.69, 9.17) is 0 Å². The Labute approximate surface area is 102 Å². The molecule has 4 nitrogen and oxygen atoms in total. The molecule has 17 heavy (non-hydrogen) atoms. The number of hydrogen-bond donors (Lipinski definition) is 1. The molecule has 3 rings (SSSR count). The van der Waals surface area contributed by atoms with Crippen molar-refractivity contribution in [2.75, 3.05) is 24.5 Å². The largest absolute Gasteiger partial charge is 0.357 e. The molecule has 4 heteroatoms. The van der Waals surface area contributed by atoms with E-state index in [-0.39, 0.29) is 0 Å². The Morgan fingerprint density at radius 1 is 1.24 bits per heavy atom. The maximum Gasteiger partial charge on any atom is 0.132 e.